The van der Waals surface area contributed by atoms with Gasteiger partial charge in [0.1, 0.15) is 0 Å². The Kier molecular flexibility index (Phi) is 13.0. The van der Waals surface area contributed by atoms with Crippen LogP contribution in [0.5, 0.6) is 0 Å². The molecule has 1 aromatic rings. The Bertz CT molecular complexity index is 675. The van der Waals surface area contributed by atoms with Crippen LogP contribution in [0.2, 0.25) is 0 Å². The van der Waals surface area contributed by atoms with Crippen molar-refractivity contribution in [3.8, 4) is 0 Å². The molecule has 0 spiro atoms. The SMILES string of the molecule is CCN(CCN(CCNCC(=O)O)CC(=O)O)CCN(CC(=O)O)Cc1ccccn1. The molecule has 1 rings (SSSR count). The van der Waals surface area contributed by atoms with Gasteiger partial charge in [0.25, 0.3) is 0 Å². The number of aliphatic carboxylic acids is 3. The first-order chi connectivity index (χ1) is 14.8. The van der Waals surface area contributed by atoms with Crippen LogP contribution in [-0.2, 0) is 20.9 Å². The molecule has 174 valence electrons. The molecule has 4 N–H and O–H groups in total. The smallest absolute Gasteiger partial charge is 0.317 e. The van der Waals surface area contributed by atoms with Gasteiger partial charge in [0, 0.05) is 52.0 Å². The fourth-order valence-electron chi connectivity index (χ4n) is 3.01. The maximum atomic E-state index is 11.2. The van der Waals surface area contributed by atoms with E-state index >= 15 is 0 Å². The number of hydrogen-bond donors (Lipinski definition) is 4. The minimum absolute atomic E-state index is 0.0888. The normalized spacial score (nSPS) is 11.4. The predicted octanol–water partition coefficient (Wildman–Crippen LogP) is -0.649. The monoisotopic (exact) mass is 439 g/mol. The largest absolute Gasteiger partial charge is 0.480 e. The van der Waals surface area contributed by atoms with Crippen molar-refractivity contribution in [1.82, 2.24) is 25.0 Å². The average molecular weight is 440 g/mol. The number of hydrogen-bond acceptors (Lipinski definition) is 8. The molecule has 0 aliphatic heterocycles. The third-order valence-electron chi connectivity index (χ3n) is 4.62. The Balaban J connectivity index is 2.53. The lowest BCUT2D eigenvalue weighted by molar-refractivity contribution is -0.139. The highest BCUT2D eigenvalue weighted by molar-refractivity contribution is 5.69. The molecule has 0 radical (unpaired) electrons. The summed E-state index contributed by atoms with van der Waals surface area (Å²) in [5, 5.41) is 29.7. The van der Waals surface area contributed by atoms with Crippen LogP contribution in [0.1, 0.15) is 12.6 Å². The summed E-state index contributed by atoms with van der Waals surface area (Å²) in [5.74, 6) is -2.80. The summed E-state index contributed by atoms with van der Waals surface area (Å²) >= 11 is 0. The zero-order chi connectivity index (χ0) is 23.1. The number of carboxylic acid groups (broad SMARTS) is 3. The van der Waals surface area contributed by atoms with E-state index in [1.54, 1.807) is 11.1 Å². The zero-order valence-electron chi connectivity index (χ0n) is 17.9. The second kappa shape index (κ2) is 15.2. The highest BCUT2D eigenvalue weighted by Crippen LogP contribution is 2.02. The Morgan fingerprint density at radius 1 is 0.871 bits per heavy atom. The van der Waals surface area contributed by atoms with E-state index in [9.17, 15) is 19.5 Å². The Morgan fingerprint density at radius 3 is 2.03 bits per heavy atom. The lowest BCUT2D eigenvalue weighted by Gasteiger charge is -2.28. The van der Waals surface area contributed by atoms with Crippen LogP contribution in [0.4, 0.5) is 0 Å². The van der Waals surface area contributed by atoms with E-state index in [2.05, 4.69) is 15.2 Å². The van der Waals surface area contributed by atoms with Crippen LogP contribution in [0.3, 0.4) is 0 Å². The topological polar surface area (TPSA) is 147 Å². The molecule has 0 saturated carbocycles. The second-order valence-electron chi connectivity index (χ2n) is 7.10. The van der Waals surface area contributed by atoms with Crippen LogP contribution in [0.15, 0.2) is 24.4 Å². The molecule has 0 aromatic carbocycles. The molecule has 11 nitrogen and oxygen atoms in total. The molecule has 0 aliphatic carbocycles. The fraction of sp³-hybridized carbons (Fsp3) is 0.600. The molecule has 0 saturated heterocycles. The van der Waals surface area contributed by atoms with Crippen LogP contribution in [0, 0.1) is 0 Å². The van der Waals surface area contributed by atoms with E-state index in [0.717, 1.165) is 12.2 Å². The van der Waals surface area contributed by atoms with Crippen molar-refractivity contribution >= 4 is 17.9 Å². The first-order valence-corrected chi connectivity index (χ1v) is 10.2. The average Bonchev–Trinajstić information content (AvgIpc) is 2.70. The van der Waals surface area contributed by atoms with E-state index in [0.29, 0.717) is 45.8 Å². The Hall–Kier alpha value is -2.60. The van der Waals surface area contributed by atoms with E-state index in [4.69, 9.17) is 10.2 Å². The lowest BCUT2D eigenvalue weighted by atomic mass is 10.3. The molecule has 1 aromatic heterocycles. The molecule has 0 atom stereocenters. The third-order valence-corrected chi connectivity index (χ3v) is 4.62. The minimum atomic E-state index is -0.960. The van der Waals surface area contributed by atoms with Crippen molar-refractivity contribution in [2.45, 2.75) is 13.5 Å². The summed E-state index contributed by atoms with van der Waals surface area (Å²) in [6.45, 7) is 5.88. The van der Waals surface area contributed by atoms with Crippen molar-refractivity contribution in [2.24, 2.45) is 0 Å². The van der Waals surface area contributed by atoms with Crippen LogP contribution < -0.4 is 5.32 Å². The second-order valence-corrected chi connectivity index (χ2v) is 7.10. The standard InChI is InChI=1S/C20H33N5O6/c1-2-23(9-11-24(15-19(28)29)8-7-21-13-18(26)27)10-12-25(16-20(30)31)14-17-5-3-4-6-22-17/h3-6,21H,2,7-16H2,1H3,(H,26,27)(H,28,29)(H,30,31). The molecular formula is C20H33N5O6. The first-order valence-electron chi connectivity index (χ1n) is 10.2. The number of rotatable bonds is 18. The summed E-state index contributed by atoms with van der Waals surface area (Å²) in [6, 6.07) is 5.53. The zero-order valence-corrected chi connectivity index (χ0v) is 17.9. The minimum Gasteiger partial charge on any atom is -0.480 e. The summed E-state index contributed by atoms with van der Waals surface area (Å²) < 4.78 is 0. The highest BCUT2D eigenvalue weighted by atomic mass is 16.4. The third kappa shape index (κ3) is 13.3. The molecule has 11 heteroatoms. The molecule has 31 heavy (non-hydrogen) atoms. The number of nitrogens with one attached hydrogen (secondary N) is 1. The fourth-order valence-corrected chi connectivity index (χ4v) is 3.01. The predicted molar refractivity (Wildman–Crippen MR) is 114 cm³/mol. The highest BCUT2D eigenvalue weighted by Gasteiger charge is 2.15. The number of carbonyl (C=O) groups is 3. The van der Waals surface area contributed by atoms with E-state index < -0.39 is 17.9 Å². The van der Waals surface area contributed by atoms with Crippen LogP contribution >= 0.6 is 0 Å². The van der Waals surface area contributed by atoms with Gasteiger partial charge >= 0.3 is 17.9 Å². The van der Waals surface area contributed by atoms with Crippen molar-refractivity contribution in [2.75, 3.05) is 65.4 Å². The van der Waals surface area contributed by atoms with Gasteiger partial charge in [-0.25, -0.2) is 0 Å². The lowest BCUT2D eigenvalue weighted by Crippen LogP contribution is -2.43. The van der Waals surface area contributed by atoms with Crippen molar-refractivity contribution in [3.05, 3.63) is 30.1 Å². The molecular weight excluding hydrogens is 406 g/mol. The Morgan fingerprint density at radius 2 is 1.48 bits per heavy atom. The molecule has 0 fully saturated rings. The van der Waals surface area contributed by atoms with Gasteiger partial charge in [-0.3, -0.25) is 29.2 Å². The quantitative estimate of drug-likeness (QED) is 0.216. The van der Waals surface area contributed by atoms with Gasteiger partial charge in [-0.15, -0.1) is 0 Å². The van der Waals surface area contributed by atoms with Crippen LogP contribution in [0.25, 0.3) is 0 Å². The van der Waals surface area contributed by atoms with Gasteiger partial charge in [0.05, 0.1) is 25.3 Å². The molecule has 0 unspecified atom stereocenters. The van der Waals surface area contributed by atoms with Gasteiger partial charge in [0.2, 0.25) is 0 Å². The van der Waals surface area contributed by atoms with Crippen molar-refractivity contribution < 1.29 is 29.7 Å². The number of nitrogens with zero attached hydrogens (tertiary/aromatic N) is 4. The molecule has 0 aliphatic rings. The van der Waals surface area contributed by atoms with E-state index in [1.807, 2.05) is 30.0 Å². The van der Waals surface area contributed by atoms with Crippen molar-refractivity contribution in [1.29, 1.82) is 0 Å². The maximum Gasteiger partial charge on any atom is 0.317 e. The summed E-state index contributed by atoms with van der Waals surface area (Å²) in [5.41, 5.74) is 0.799. The van der Waals surface area contributed by atoms with Gasteiger partial charge < -0.3 is 25.5 Å². The Labute approximate surface area is 182 Å². The van der Waals surface area contributed by atoms with Crippen LogP contribution in [-0.4, -0.2) is 118 Å². The number of pyridine rings is 1. The van der Waals surface area contributed by atoms with Gasteiger partial charge in [-0.2, -0.15) is 0 Å². The number of aromatic nitrogens is 1. The molecule has 0 amide bonds. The molecule has 1 heterocycles. The summed E-state index contributed by atoms with van der Waals surface area (Å²) in [7, 11) is 0. The number of carboxylic acids is 3. The van der Waals surface area contributed by atoms with E-state index in [1.165, 1.54) is 0 Å². The maximum absolute atomic E-state index is 11.2. The van der Waals surface area contributed by atoms with Gasteiger partial charge in [-0.05, 0) is 18.7 Å². The number of likely N-dealkylation sites (N-methyl/N-ethyl adjacent to an activating group) is 1. The summed E-state index contributed by atoms with van der Waals surface area (Å²) in [4.78, 5) is 42.9. The van der Waals surface area contributed by atoms with Gasteiger partial charge in [0.15, 0.2) is 0 Å². The molecule has 0 bridgehead atoms. The van der Waals surface area contributed by atoms with Crippen molar-refractivity contribution in [3.63, 3.8) is 0 Å². The summed E-state index contributed by atoms with van der Waals surface area (Å²) in [6.07, 6.45) is 1.68. The van der Waals surface area contributed by atoms with E-state index in [-0.39, 0.29) is 19.6 Å². The van der Waals surface area contributed by atoms with Gasteiger partial charge in [-0.1, -0.05) is 13.0 Å². The first kappa shape index (κ1) is 26.4.